The van der Waals surface area contributed by atoms with Crippen LogP contribution in [0.4, 0.5) is 0 Å². The predicted octanol–water partition coefficient (Wildman–Crippen LogP) is 1.71. The van der Waals surface area contributed by atoms with Crippen molar-refractivity contribution in [2.45, 2.75) is 31.7 Å². The average Bonchev–Trinajstić information content (AvgIpc) is 2.40. The molecule has 0 spiro atoms. The second-order valence-electron chi connectivity index (χ2n) is 4.70. The second kappa shape index (κ2) is 6.28. The van der Waals surface area contributed by atoms with Crippen LogP contribution in [0.5, 0.6) is 0 Å². The quantitative estimate of drug-likeness (QED) is 0.820. The van der Waals surface area contributed by atoms with Crippen molar-refractivity contribution in [3.8, 4) is 0 Å². The molecule has 0 bridgehead atoms. The summed E-state index contributed by atoms with van der Waals surface area (Å²) in [6.45, 7) is 1.98. The number of benzene rings is 1. The highest BCUT2D eigenvalue weighted by Crippen LogP contribution is 2.22. The molecule has 1 aromatic carbocycles. The fourth-order valence-corrected chi connectivity index (χ4v) is 2.36. The topological polar surface area (TPSA) is 84.5 Å². The standard InChI is InChI=1S/C14H16BrN3O2/c1-2-3-10(16)12-17-13(19)11(14(20)18-12)8-4-6-9(15)7-5-8/h4-7,10-11H,2-3,16H2,1H3,(H,17,18,19,20). The number of rotatable bonds is 4. The van der Waals surface area contributed by atoms with Crippen LogP contribution < -0.4 is 11.1 Å². The summed E-state index contributed by atoms with van der Waals surface area (Å²) in [6, 6.07) is 6.65. The highest BCUT2D eigenvalue weighted by Gasteiger charge is 2.34. The Hall–Kier alpha value is -1.53. The zero-order chi connectivity index (χ0) is 14.7. The molecule has 0 saturated heterocycles. The highest BCUT2D eigenvalue weighted by atomic mass is 79.9. The van der Waals surface area contributed by atoms with E-state index in [1.807, 2.05) is 6.92 Å². The number of carbonyl (C=O) groups is 2. The Morgan fingerprint density at radius 2 is 2.00 bits per heavy atom. The number of hydrogen-bond donors (Lipinski definition) is 2. The van der Waals surface area contributed by atoms with Crippen molar-refractivity contribution < 1.29 is 9.59 Å². The Morgan fingerprint density at radius 1 is 1.35 bits per heavy atom. The SMILES string of the molecule is CCCC(N)C1=NC(=O)C(c2ccc(Br)cc2)C(=O)N1. The number of nitrogens with zero attached hydrogens (tertiary/aromatic N) is 1. The summed E-state index contributed by atoms with van der Waals surface area (Å²) >= 11 is 3.32. The maximum atomic E-state index is 12.1. The molecule has 5 nitrogen and oxygen atoms in total. The first-order valence-electron chi connectivity index (χ1n) is 6.47. The van der Waals surface area contributed by atoms with E-state index < -0.39 is 17.9 Å². The number of carbonyl (C=O) groups excluding carboxylic acids is 2. The Morgan fingerprint density at radius 3 is 2.55 bits per heavy atom. The Balaban J connectivity index is 2.24. The second-order valence-corrected chi connectivity index (χ2v) is 5.62. The van der Waals surface area contributed by atoms with E-state index in [0.29, 0.717) is 12.0 Å². The van der Waals surface area contributed by atoms with E-state index in [9.17, 15) is 9.59 Å². The molecule has 1 aliphatic heterocycles. The molecule has 2 amide bonds. The van der Waals surface area contributed by atoms with Gasteiger partial charge in [-0.05, 0) is 24.1 Å². The number of hydrogen-bond acceptors (Lipinski definition) is 3. The van der Waals surface area contributed by atoms with Gasteiger partial charge in [0.15, 0.2) is 0 Å². The molecular formula is C14H16BrN3O2. The van der Waals surface area contributed by atoms with Gasteiger partial charge in [0.05, 0.1) is 6.04 Å². The fourth-order valence-electron chi connectivity index (χ4n) is 2.09. The molecule has 1 aromatic rings. The van der Waals surface area contributed by atoms with Crippen molar-refractivity contribution >= 4 is 33.6 Å². The molecule has 2 rings (SSSR count). The van der Waals surface area contributed by atoms with E-state index >= 15 is 0 Å². The van der Waals surface area contributed by atoms with Crippen LogP contribution in [0.15, 0.2) is 33.7 Å². The van der Waals surface area contributed by atoms with Gasteiger partial charge < -0.3 is 11.1 Å². The molecule has 2 atom stereocenters. The van der Waals surface area contributed by atoms with Gasteiger partial charge in [-0.25, -0.2) is 0 Å². The molecule has 0 aromatic heterocycles. The summed E-state index contributed by atoms with van der Waals surface area (Å²) in [7, 11) is 0. The minimum Gasteiger partial charge on any atom is -0.321 e. The maximum Gasteiger partial charge on any atom is 0.264 e. The molecule has 3 N–H and O–H groups in total. The van der Waals surface area contributed by atoms with E-state index in [0.717, 1.165) is 10.9 Å². The number of nitrogens with one attached hydrogen (secondary N) is 1. The van der Waals surface area contributed by atoms with Crippen molar-refractivity contribution in [2.24, 2.45) is 10.7 Å². The normalized spacial score (nSPS) is 20.4. The van der Waals surface area contributed by atoms with Gasteiger partial charge in [0.2, 0.25) is 5.91 Å². The van der Waals surface area contributed by atoms with Gasteiger partial charge in [-0.15, -0.1) is 0 Å². The number of nitrogens with two attached hydrogens (primary N) is 1. The third-order valence-corrected chi connectivity index (χ3v) is 3.67. The van der Waals surface area contributed by atoms with Crippen molar-refractivity contribution in [3.05, 3.63) is 34.3 Å². The number of amides is 2. The minimum absolute atomic E-state index is 0.273. The van der Waals surface area contributed by atoms with Crippen LogP contribution in [0.1, 0.15) is 31.2 Å². The van der Waals surface area contributed by atoms with Crippen LogP contribution in [0.2, 0.25) is 0 Å². The maximum absolute atomic E-state index is 12.1. The fraction of sp³-hybridized carbons (Fsp3) is 0.357. The zero-order valence-corrected chi connectivity index (χ0v) is 12.7. The predicted molar refractivity (Wildman–Crippen MR) is 80.4 cm³/mol. The van der Waals surface area contributed by atoms with E-state index in [-0.39, 0.29) is 11.7 Å². The van der Waals surface area contributed by atoms with Crippen LogP contribution in [-0.4, -0.2) is 23.7 Å². The van der Waals surface area contributed by atoms with Crippen LogP contribution >= 0.6 is 15.9 Å². The van der Waals surface area contributed by atoms with Gasteiger partial charge in [0.1, 0.15) is 11.8 Å². The van der Waals surface area contributed by atoms with Crippen molar-refractivity contribution in [2.75, 3.05) is 0 Å². The van der Waals surface area contributed by atoms with Gasteiger partial charge in [-0.2, -0.15) is 4.99 Å². The lowest BCUT2D eigenvalue weighted by molar-refractivity contribution is -0.129. The lowest BCUT2D eigenvalue weighted by Crippen LogP contribution is -2.50. The van der Waals surface area contributed by atoms with Crippen molar-refractivity contribution in [1.29, 1.82) is 0 Å². The van der Waals surface area contributed by atoms with Crippen LogP contribution in [0, 0.1) is 0 Å². The first-order valence-corrected chi connectivity index (χ1v) is 7.26. The molecule has 6 heteroatoms. The summed E-state index contributed by atoms with van der Waals surface area (Å²) < 4.78 is 0.888. The van der Waals surface area contributed by atoms with Gasteiger partial charge in [-0.1, -0.05) is 41.4 Å². The molecule has 20 heavy (non-hydrogen) atoms. The molecule has 2 unspecified atom stereocenters. The van der Waals surface area contributed by atoms with Gasteiger partial charge in [0, 0.05) is 4.47 Å². The van der Waals surface area contributed by atoms with Gasteiger partial charge in [0.25, 0.3) is 5.91 Å². The number of amidine groups is 1. The molecule has 1 heterocycles. The molecule has 1 aliphatic rings. The molecular weight excluding hydrogens is 322 g/mol. The summed E-state index contributed by atoms with van der Waals surface area (Å²) in [5.41, 5.74) is 6.51. The van der Waals surface area contributed by atoms with Crippen LogP contribution in [0.25, 0.3) is 0 Å². The Labute approximate surface area is 125 Å². The van der Waals surface area contributed by atoms with Crippen molar-refractivity contribution in [1.82, 2.24) is 5.32 Å². The lowest BCUT2D eigenvalue weighted by Gasteiger charge is -2.23. The third-order valence-electron chi connectivity index (χ3n) is 3.15. The highest BCUT2D eigenvalue weighted by molar-refractivity contribution is 9.10. The summed E-state index contributed by atoms with van der Waals surface area (Å²) in [5.74, 6) is -1.44. The lowest BCUT2D eigenvalue weighted by atomic mass is 9.95. The molecule has 0 aliphatic carbocycles. The average molecular weight is 338 g/mol. The largest absolute Gasteiger partial charge is 0.321 e. The number of aliphatic imine (C=N–C) groups is 1. The molecule has 0 saturated carbocycles. The first kappa shape index (κ1) is 14.9. The summed E-state index contributed by atoms with van der Waals surface area (Å²) in [4.78, 5) is 28.2. The van der Waals surface area contributed by atoms with Gasteiger partial charge >= 0.3 is 0 Å². The van der Waals surface area contributed by atoms with E-state index in [4.69, 9.17) is 5.73 Å². The summed E-state index contributed by atoms with van der Waals surface area (Å²) in [5, 5.41) is 2.65. The van der Waals surface area contributed by atoms with E-state index in [2.05, 4.69) is 26.2 Å². The third kappa shape index (κ3) is 3.13. The molecule has 0 radical (unpaired) electrons. The zero-order valence-electron chi connectivity index (χ0n) is 11.1. The van der Waals surface area contributed by atoms with E-state index in [1.54, 1.807) is 24.3 Å². The molecule has 0 fully saturated rings. The van der Waals surface area contributed by atoms with Crippen LogP contribution in [0.3, 0.4) is 0 Å². The molecule has 106 valence electrons. The smallest absolute Gasteiger partial charge is 0.264 e. The first-order chi connectivity index (χ1) is 9.52. The monoisotopic (exact) mass is 337 g/mol. The number of halogens is 1. The van der Waals surface area contributed by atoms with Gasteiger partial charge in [-0.3, -0.25) is 9.59 Å². The van der Waals surface area contributed by atoms with E-state index in [1.165, 1.54) is 0 Å². The van der Waals surface area contributed by atoms with Crippen molar-refractivity contribution in [3.63, 3.8) is 0 Å². The summed E-state index contributed by atoms with van der Waals surface area (Å²) in [6.07, 6.45) is 1.54. The Bertz CT molecular complexity index is 554. The Kier molecular flexibility index (Phi) is 4.67. The van der Waals surface area contributed by atoms with Crippen LogP contribution in [-0.2, 0) is 9.59 Å². The minimum atomic E-state index is -0.888.